The first-order chi connectivity index (χ1) is 10.4. The first kappa shape index (κ1) is 16.5. The van der Waals surface area contributed by atoms with Gasteiger partial charge in [0.05, 0.1) is 16.4 Å². The van der Waals surface area contributed by atoms with Gasteiger partial charge in [0.1, 0.15) is 5.75 Å². The minimum Gasteiger partial charge on any atom is -0.482 e. The number of amides is 1. The van der Waals surface area contributed by atoms with E-state index in [0.29, 0.717) is 27.2 Å². The Morgan fingerprint density at radius 1 is 1.23 bits per heavy atom. The number of aryl methyl sites for hydroxylation is 2. The Morgan fingerprint density at radius 3 is 2.59 bits per heavy atom. The van der Waals surface area contributed by atoms with E-state index in [2.05, 4.69) is 5.32 Å². The van der Waals surface area contributed by atoms with Gasteiger partial charge in [-0.2, -0.15) is 0 Å². The number of carbonyl (C=O) groups excluding carboxylic acids is 1. The number of hydrogen-bond acceptors (Lipinski definition) is 3. The summed E-state index contributed by atoms with van der Waals surface area (Å²) >= 11 is 11.9. The highest BCUT2D eigenvalue weighted by molar-refractivity contribution is 6.32. The number of ether oxygens (including phenoxy) is 1. The van der Waals surface area contributed by atoms with Crippen molar-refractivity contribution in [3.63, 3.8) is 0 Å². The summed E-state index contributed by atoms with van der Waals surface area (Å²) in [6, 6.07) is 8.59. The van der Waals surface area contributed by atoms with Crippen molar-refractivity contribution < 1.29 is 9.53 Å². The summed E-state index contributed by atoms with van der Waals surface area (Å²) in [6.45, 7) is 3.66. The lowest BCUT2D eigenvalue weighted by Crippen LogP contribution is -2.21. The van der Waals surface area contributed by atoms with Gasteiger partial charge in [0.15, 0.2) is 6.61 Å². The van der Waals surface area contributed by atoms with Gasteiger partial charge in [-0.3, -0.25) is 4.79 Å². The van der Waals surface area contributed by atoms with Gasteiger partial charge in [-0.1, -0.05) is 29.3 Å². The maximum atomic E-state index is 11.9. The van der Waals surface area contributed by atoms with Crippen LogP contribution < -0.4 is 15.8 Å². The van der Waals surface area contributed by atoms with Gasteiger partial charge in [-0.05, 0) is 49.2 Å². The van der Waals surface area contributed by atoms with Crippen molar-refractivity contribution in [2.45, 2.75) is 13.8 Å². The average Bonchev–Trinajstić information content (AvgIpc) is 2.40. The quantitative estimate of drug-likeness (QED) is 0.820. The molecule has 0 fully saturated rings. The normalized spacial score (nSPS) is 10.4. The van der Waals surface area contributed by atoms with Crippen LogP contribution in [0.15, 0.2) is 30.3 Å². The molecular weight excluding hydrogens is 323 g/mol. The molecule has 0 aliphatic carbocycles. The van der Waals surface area contributed by atoms with Crippen molar-refractivity contribution in [2.24, 2.45) is 0 Å². The van der Waals surface area contributed by atoms with Gasteiger partial charge >= 0.3 is 0 Å². The molecule has 0 aromatic heterocycles. The van der Waals surface area contributed by atoms with Gasteiger partial charge in [0.2, 0.25) is 0 Å². The standard InChI is InChI=1S/C16H16Cl2N2O2/c1-9-5-10(2)16(12(18)6-9)22-8-15(21)20-14-4-3-11(17)7-13(14)19/h3-7H,8,19H2,1-2H3,(H,20,21). The molecule has 4 nitrogen and oxygen atoms in total. The van der Waals surface area contributed by atoms with E-state index in [0.717, 1.165) is 11.1 Å². The lowest BCUT2D eigenvalue weighted by molar-refractivity contribution is -0.118. The van der Waals surface area contributed by atoms with Crippen molar-refractivity contribution in [1.82, 2.24) is 0 Å². The zero-order chi connectivity index (χ0) is 16.3. The summed E-state index contributed by atoms with van der Waals surface area (Å²) in [5.41, 5.74) is 8.58. The molecule has 0 saturated heterocycles. The largest absolute Gasteiger partial charge is 0.482 e. The van der Waals surface area contributed by atoms with Crippen LogP contribution >= 0.6 is 23.2 Å². The summed E-state index contributed by atoms with van der Waals surface area (Å²) in [5, 5.41) is 3.66. The Labute approximate surface area is 139 Å². The Morgan fingerprint density at radius 2 is 1.95 bits per heavy atom. The monoisotopic (exact) mass is 338 g/mol. The van der Waals surface area contributed by atoms with Crippen LogP contribution in [0.3, 0.4) is 0 Å². The Bertz CT molecular complexity index is 694. The molecule has 0 radical (unpaired) electrons. The third-order valence-electron chi connectivity index (χ3n) is 3.01. The van der Waals surface area contributed by atoms with Crippen LogP contribution in [0.5, 0.6) is 5.75 Å². The van der Waals surface area contributed by atoms with Gasteiger partial charge in [-0.25, -0.2) is 0 Å². The molecular formula is C16H16Cl2N2O2. The molecule has 0 aliphatic heterocycles. The molecule has 0 heterocycles. The van der Waals surface area contributed by atoms with Crippen LogP contribution in [0.1, 0.15) is 11.1 Å². The molecule has 6 heteroatoms. The highest BCUT2D eigenvalue weighted by atomic mass is 35.5. The number of halogens is 2. The summed E-state index contributed by atoms with van der Waals surface area (Å²) in [6.07, 6.45) is 0. The van der Waals surface area contributed by atoms with Gasteiger partial charge in [0.25, 0.3) is 5.91 Å². The minimum absolute atomic E-state index is 0.161. The second-order valence-electron chi connectivity index (χ2n) is 4.96. The average molecular weight is 339 g/mol. The molecule has 116 valence electrons. The van der Waals surface area contributed by atoms with E-state index in [-0.39, 0.29) is 12.5 Å². The Hall–Kier alpha value is -1.91. The van der Waals surface area contributed by atoms with Crippen LogP contribution in [0.25, 0.3) is 0 Å². The molecule has 2 aromatic carbocycles. The van der Waals surface area contributed by atoms with E-state index in [1.165, 1.54) is 0 Å². The van der Waals surface area contributed by atoms with E-state index in [1.54, 1.807) is 24.3 Å². The van der Waals surface area contributed by atoms with Crippen LogP contribution in [0, 0.1) is 13.8 Å². The number of carbonyl (C=O) groups is 1. The zero-order valence-corrected chi connectivity index (χ0v) is 13.8. The second kappa shape index (κ2) is 6.90. The summed E-state index contributed by atoms with van der Waals surface area (Å²) in [4.78, 5) is 11.9. The molecule has 0 atom stereocenters. The first-order valence-corrected chi connectivity index (χ1v) is 7.37. The predicted molar refractivity (Wildman–Crippen MR) is 90.9 cm³/mol. The lowest BCUT2D eigenvalue weighted by atomic mass is 10.1. The molecule has 1 amide bonds. The fraction of sp³-hybridized carbons (Fsp3) is 0.188. The molecule has 3 N–H and O–H groups in total. The van der Waals surface area contributed by atoms with E-state index < -0.39 is 0 Å². The molecule has 22 heavy (non-hydrogen) atoms. The summed E-state index contributed by atoms with van der Waals surface area (Å²) in [7, 11) is 0. The van der Waals surface area contributed by atoms with Crippen molar-refractivity contribution >= 4 is 40.5 Å². The van der Waals surface area contributed by atoms with Gasteiger partial charge in [-0.15, -0.1) is 0 Å². The number of nitrogens with two attached hydrogens (primary N) is 1. The third kappa shape index (κ3) is 4.06. The van der Waals surface area contributed by atoms with Crippen molar-refractivity contribution in [1.29, 1.82) is 0 Å². The van der Waals surface area contributed by atoms with Crippen molar-refractivity contribution in [3.8, 4) is 5.75 Å². The van der Waals surface area contributed by atoms with Crippen molar-refractivity contribution in [2.75, 3.05) is 17.7 Å². The number of benzene rings is 2. The Balaban J connectivity index is 2.02. The maximum Gasteiger partial charge on any atom is 0.262 e. The summed E-state index contributed by atoms with van der Waals surface area (Å²) < 4.78 is 5.51. The number of rotatable bonds is 4. The fourth-order valence-corrected chi connectivity index (χ4v) is 2.61. The smallest absolute Gasteiger partial charge is 0.262 e. The van der Waals surface area contributed by atoms with E-state index >= 15 is 0 Å². The molecule has 0 spiro atoms. The number of nitrogens with one attached hydrogen (secondary N) is 1. The Kier molecular flexibility index (Phi) is 5.16. The number of anilines is 2. The zero-order valence-electron chi connectivity index (χ0n) is 12.2. The van der Waals surface area contributed by atoms with Crippen LogP contribution in [-0.2, 0) is 4.79 Å². The third-order valence-corrected chi connectivity index (χ3v) is 3.52. The van der Waals surface area contributed by atoms with Crippen molar-refractivity contribution in [3.05, 3.63) is 51.5 Å². The first-order valence-electron chi connectivity index (χ1n) is 6.61. The van der Waals surface area contributed by atoms with Crippen LogP contribution in [0.4, 0.5) is 11.4 Å². The summed E-state index contributed by atoms with van der Waals surface area (Å²) in [5.74, 6) is 0.177. The molecule has 0 bridgehead atoms. The van der Waals surface area contributed by atoms with E-state index in [4.69, 9.17) is 33.7 Å². The van der Waals surface area contributed by atoms with Crippen LogP contribution in [0.2, 0.25) is 10.0 Å². The van der Waals surface area contributed by atoms with E-state index in [9.17, 15) is 4.79 Å². The lowest BCUT2D eigenvalue weighted by Gasteiger charge is -2.13. The fourth-order valence-electron chi connectivity index (χ4n) is 2.06. The molecule has 0 unspecified atom stereocenters. The molecule has 0 saturated carbocycles. The second-order valence-corrected chi connectivity index (χ2v) is 5.80. The maximum absolute atomic E-state index is 11.9. The SMILES string of the molecule is Cc1cc(C)c(OCC(=O)Nc2ccc(Cl)cc2N)c(Cl)c1. The van der Waals surface area contributed by atoms with E-state index in [1.807, 2.05) is 19.9 Å². The van der Waals surface area contributed by atoms with Gasteiger partial charge < -0.3 is 15.8 Å². The molecule has 2 aromatic rings. The highest BCUT2D eigenvalue weighted by Gasteiger charge is 2.11. The predicted octanol–water partition coefficient (Wildman–Crippen LogP) is 4.21. The highest BCUT2D eigenvalue weighted by Crippen LogP contribution is 2.29. The molecule has 2 rings (SSSR count). The number of nitrogen functional groups attached to an aromatic ring is 1. The number of hydrogen-bond donors (Lipinski definition) is 2. The van der Waals surface area contributed by atoms with Crippen LogP contribution in [-0.4, -0.2) is 12.5 Å². The molecule has 0 aliphatic rings. The topological polar surface area (TPSA) is 64.3 Å². The minimum atomic E-state index is -0.329. The van der Waals surface area contributed by atoms with Gasteiger partial charge in [0, 0.05) is 5.02 Å².